The van der Waals surface area contributed by atoms with Gasteiger partial charge in [-0.2, -0.15) is 0 Å². The van der Waals surface area contributed by atoms with E-state index in [9.17, 15) is 5.11 Å². The number of thiazole rings is 1. The smallest absolute Gasteiger partial charge is 0.0959 e. The van der Waals surface area contributed by atoms with Crippen LogP contribution in [-0.4, -0.2) is 46.3 Å². The van der Waals surface area contributed by atoms with Gasteiger partial charge >= 0.3 is 0 Å². The minimum atomic E-state index is -0.0934. The zero-order valence-electron chi connectivity index (χ0n) is 13.9. The van der Waals surface area contributed by atoms with Crippen molar-refractivity contribution in [2.24, 2.45) is 0 Å². The molecule has 0 radical (unpaired) electrons. The van der Waals surface area contributed by atoms with E-state index in [0.717, 1.165) is 32.0 Å². The maximum atomic E-state index is 10.2. The zero-order valence-corrected chi connectivity index (χ0v) is 14.7. The maximum absolute atomic E-state index is 10.2. The van der Waals surface area contributed by atoms with Crippen molar-refractivity contribution in [3.05, 3.63) is 16.1 Å². The molecule has 2 atom stereocenters. The lowest BCUT2D eigenvalue weighted by molar-refractivity contribution is 0.00713. The molecule has 23 heavy (non-hydrogen) atoms. The van der Waals surface area contributed by atoms with Gasteiger partial charge in [-0.1, -0.05) is 12.8 Å². The van der Waals surface area contributed by atoms with Crippen LogP contribution in [0.5, 0.6) is 0 Å². The highest BCUT2D eigenvalue weighted by Gasteiger charge is 2.31. The van der Waals surface area contributed by atoms with E-state index in [1.165, 1.54) is 55.6 Å². The van der Waals surface area contributed by atoms with E-state index < -0.39 is 0 Å². The Morgan fingerprint density at radius 1 is 1.13 bits per heavy atom. The van der Waals surface area contributed by atoms with Gasteiger partial charge in [0.05, 0.1) is 16.8 Å². The molecule has 5 heteroatoms. The molecule has 2 heterocycles. The lowest BCUT2D eigenvalue weighted by Gasteiger charge is -2.41. The van der Waals surface area contributed by atoms with Gasteiger partial charge < -0.3 is 10.4 Å². The van der Waals surface area contributed by atoms with Gasteiger partial charge in [-0.3, -0.25) is 4.90 Å². The predicted molar refractivity (Wildman–Crippen MR) is 93.8 cm³/mol. The maximum Gasteiger partial charge on any atom is 0.0959 e. The monoisotopic (exact) mass is 335 g/mol. The van der Waals surface area contributed by atoms with E-state index in [1.807, 2.05) is 11.3 Å². The first kappa shape index (κ1) is 16.0. The molecule has 0 amide bonds. The molecule has 2 saturated carbocycles. The van der Waals surface area contributed by atoms with Crippen molar-refractivity contribution in [3.8, 4) is 0 Å². The first-order valence-corrected chi connectivity index (χ1v) is 10.3. The number of rotatable bonds is 5. The third-order valence-electron chi connectivity index (χ3n) is 5.76. The first-order chi connectivity index (χ1) is 11.3. The van der Waals surface area contributed by atoms with Gasteiger partial charge in [-0.25, -0.2) is 4.98 Å². The molecule has 0 spiro atoms. The number of aliphatic hydroxyl groups excluding tert-OH is 1. The number of nitrogens with zero attached hydrogens (tertiary/aromatic N) is 2. The fourth-order valence-electron chi connectivity index (χ4n) is 4.12. The van der Waals surface area contributed by atoms with E-state index in [-0.39, 0.29) is 6.10 Å². The third-order valence-corrected chi connectivity index (χ3v) is 6.82. The van der Waals surface area contributed by atoms with Crippen LogP contribution in [0.1, 0.15) is 68.0 Å². The summed E-state index contributed by atoms with van der Waals surface area (Å²) in [5.41, 5.74) is 1.22. The highest BCUT2D eigenvalue weighted by molar-refractivity contribution is 7.09. The van der Waals surface area contributed by atoms with Crippen molar-refractivity contribution in [3.63, 3.8) is 0 Å². The Bertz CT molecular complexity index is 508. The summed E-state index contributed by atoms with van der Waals surface area (Å²) in [6.45, 7) is 3.17. The van der Waals surface area contributed by atoms with Gasteiger partial charge in [0.1, 0.15) is 0 Å². The van der Waals surface area contributed by atoms with Crippen LogP contribution >= 0.6 is 11.3 Å². The van der Waals surface area contributed by atoms with E-state index >= 15 is 0 Å². The van der Waals surface area contributed by atoms with Crippen LogP contribution < -0.4 is 5.32 Å². The van der Waals surface area contributed by atoms with Crippen molar-refractivity contribution in [2.45, 2.75) is 82.0 Å². The second-order valence-corrected chi connectivity index (χ2v) is 8.45. The van der Waals surface area contributed by atoms with Gasteiger partial charge in [0.2, 0.25) is 0 Å². The summed E-state index contributed by atoms with van der Waals surface area (Å²) in [7, 11) is 0. The number of hydrogen-bond acceptors (Lipinski definition) is 5. The molecule has 1 aliphatic heterocycles. The summed E-state index contributed by atoms with van der Waals surface area (Å²) >= 11 is 1.84. The Labute approximate surface area is 143 Å². The summed E-state index contributed by atoms with van der Waals surface area (Å²) in [5.74, 6) is 0.777. The fraction of sp³-hybridized carbons (Fsp3) is 0.833. The van der Waals surface area contributed by atoms with Crippen molar-refractivity contribution in [1.29, 1.82) is 0 Å². The average Bonchev–Trinajstić information content (AvgIpc) is 3.33. The first-order valence-electron chi connectivity index (χ1n) is 9.39. The number of hydrogen-bond donors (Lipinski definition) is 2. The summed E-state index contributed by atoms with van der Waals surface area (Å²) in [6, 6.07) is 1.03. The van der Waals surface area contributed by atoms with Gasteiger partial charge in [-0.15, -0.1) is 11.3 Å². The molecule has 0 aromatic carbocycles. The Hall–Kier alpha value is -0.490. The fourth-order valence-corrected chi connectivity index (χ4v) is 5.11. The molecule has 1 aromatic rings. The van der Waals surface area contributed by atoms with Gasteiger partial charge in [0, 0.05) is 43.0 Å². The average molecular weight is 336 g/mol. The molecule has 128 valence electrons. The number of aliphatic hydroxyl groups is 1. The van der Waals surface area contributed by atoms with E-state index in [2.05, 4.69) is 15.6 Å². The van der Waals surface area contributed by atoms with Crippen molar-refractivity contribution in [2.75, 3.05) is 13.1 Å². The molecule has 2 N–H and O–H groups in total. The van der Waals surface area contributed by atoms with Crippen LogP contribution in [0.2, 0.25) is 0 Å². The molecule has 2 unspecified atom stereocenters. The standard InChI is InChI=1S/C18H29N3OS/c22-17-4-2-1-3-16(17)21-9-7-14(8-10-21)19-11-15-12-23-18(20-15)13-5-6-13/h12-14,16-17,19,22H,1-11H2. The molecule has 1 aromatic heterocycles. The number of likely N-dealkylation sites (tertiary alicyclic amines) is 1. The zero-order chi connectivity index (χ0) is 15.6. The number of aromatic nitrogens is 1. The van der Waals surface area contributed by atoms with E-state index in [1.54, 1.807) is 0 Å². The highest BCUT2D eigenvalue weighted by atomic mass is 32.1. The van der Waals surface area contributed by atoms with Gasteiger partial charge in [0.15, 0.2) is 0 Å². The Morgan fingerprint density at radius 2 is 1.91 bits per heavy atom. The van der Waals surface area contributed by atoms with Crippen LogP contribution in [0.4, 0.5) is 0 Å². The molecule has 1 saturated heterocycles. The van der Waals surface area contributed by atoms with Crippen LogP contribution in [-0.2, 0) is 6.54 Å². The van der Waals surface area contributed by atoms with Crippen LogP contribution in [0.3, 0.4) is 0 Å². The lowest BCUT2D eigenvalue weighted by atomic mass is 9.89. The van der Waals surface area contributed by atoms with Crippen LogP contribution in [0, 0.1) is 0 Å². The number of piperidine rings is 1. The van der Waals surface area contributed by atoms with Crippen molar-refractivity contribution < 1.29 is 5.11 Å². The molecular weight excluding hydrogens is 306 g/mol. The summed E-state index contributed by atoms with van der Waals surface area (Å²) in [5, 5.41) is 17.5. The SMILES string of the molecule is OC1CCCCC1N1CCC(NCc2csc(C3CC3)n2)CC1. The predicted octanol–water partition coefficient (Wildman–Crippen LogP) is 2.88. The summed E-state index contributed by atoms with van der Waals surface area (Å²) < 4.78 is 0. The van der Waals surface area contributed by atoms with Gasteiger partial charge in [0.25, 0.3) is 0 Å². The second kappa shape index (κ2) is 7.18. The van der Waals surface area contributed by atoms with E-state index in [0.29, 0.717) is 12.1 Å². The quantitative estimate of drug-likeness (QED) is 0.869. The topological polar surface area (TPSA) is 48.4 Å². The summed E-state index contributed by atoms with van der Waals surface area (Å²) in [4.78, 5) is 7.31. The van der Waals surface area contributed by atoms with Gasteiger partial charge in [-0.05, 0) is 38.5 Å². The molecule has 3 fully saturated rings. The Kier molecular flexibility index (Phi) is 4.99. The Balaban J connectivity index is 1.21. The third kappa shape index (κ3) is 3.95. The van der Waals surface area contributed by atoms with Crippen LogP contribution in [0.25, 0.3) is 0 Å². The Morgan fingerprint density at radius 3 is 2.65 bits per heavy atom. The highest BCUT2D eigenvalue weighted by Crippen LogP contribution is 2.41. The largest absolute Gasteiger partial charge is 0.391 e. The van der Waals surface area contributed by atoms with E-state index in [4.69, 9.17) is 4.98 Å². The molecule has 4 nitrogen and oxygen atoms in total. The van der Waals surface area contributed by atoms with Crippen molar-refractivity contribution in [1.82, 2.24) is 15.2 Å². The van der Waals surface area contributed by atoms with Crippen LogP contribution in [0.15, 0.2) is 5.38 Å². The molecule has 3 aliphatic rings. The van der Waals surface area contributed by atoms with Crippen molar-refractivity contribution >= 4 is 11.3 Å². The summed E-state index contributed by atoms with van der Waals surface area (Å²) in [6.07, 6.45) is 9.64. The second-order valence-electron chi connectivity index (χ2n) is 7.56. The molecule has 0 bridgehead atoms. The molecular formula is C18H29N3OS. The normalized spacial score (nSPS) is 30.7. The number of nitrogens with one attached hydrogen (secondary N) is 1. The minimum absolute atomic E-state index is 0.0934. The minimum Gasteiger partial charge on any atom is -0.391 e. The molecule has 4 rings (SSSR count). The molecule has 2 aliphatic carbocycles. The lowest BCUT2D eigenvalue weighted by Crippen LogP contribution is -2.51.